The van der Waals surface area contributed by atoms with Crippen molar-refractivity contribution < 1.29 is 5.11 Å². The minimum atomic E-state index is -0.0734. The van der Waals surface area contributed by atoms with Crippen molar-refractivity contribution in [1.82, 2.24) is 10.3 Å². The number of aliphatic hydroxyl groups excluding tert-OH is 1. The van der Waals surface area contributed by atoms with Crippen LogP contribution in [0, 0.1) is 13.8 Å². The summed E-state index contributed by atoms with van der Waals surface area (Å²) in [7, 11) is 0. The molecule has 1 aromatic rings. The van der Waals surface area contributed by atoms with Crippen LogP contribution >= 0.6 is 11.3 Å². The summed E-state index contributed by atoms with van der Waals surface area (Å²) in [6.07, 6.45) is 3.97. The predicted octanol–water partition coefficient (Wildman–Crippen LogP) is 2.71. The van der Waals surface area contributed by atoms with Gasteiger partial charge in [0.1, 0.15) is 0 Å². The maximum Gasteiger partial charge on any atom is 0.0900 e. The number of nitrogens with one attached hydrogen (secondary N) is 1. The highest BCUT2D eigenvalue weighted by Crippen LogP contribution is 2.27. The Bertz CT molecular complexity index is 369. The minimum Gasteiger partial charge on any atom is -0.393 e. The van der Waals surface area contributed by atoms with Gasteiger partial charge < -0.3 is 10.4 Å². The third-order valence-electron chi connectivity index (χ3n) is 3.52. The van der Waals surface area contributed by atoms with E-state index in [2.05, 4.69) is 31.1 Å². The summed E-state index contributed by atoms with van der Waals surface area (Å²) < 4.78 is 0. The van der Waals surface area contributed by atoms with Gasteiger partial charge in [0.15, 0.2) is 0 Å². The summed E-state index contributed by atoms with van der Waals surface area (Å²) in [5.74, 6) is 0. The first-order valence-electron chi connectivity index (χ1n) is 6.44. The Labute approximate surface area is 107 Å². The molecule has 0 saturated heterocycles. The van der Waals surface area contributed by atoms with E-state index in [1.54, 1.807) is 11.3 Å². The summed E-state index contributed by atoms with van der Waals surface area (Å²) in [5.41, 5.74) is 1.16. The average Bonchev–Trinajstić information content (AvgIpc) is 2.61. The van der Waals surface area contributed by atoms with Crippen LogP contribution in [-0.2, 0) is 0 Å². The Balaban J connectivity index is 1.93. The van der Waals surface area contributed by atoms with Crippen molar-refractivity contribution >= 4 is 11.3 Å². The highest BCUT2D eigenvalue weighted by molar-refractivity contribution is 7.11. The zero-order chi connectivity index (χ0) is 12.4. The molecule has 1 aromatic heterocycles. The van der Waals surface area contributed by atoms with E-state index in [1.807, 2.05) is 0 Å². The molecule has 1 aliphatic carbocycles. The van der Waals surface area contributed by atoms with Crippen molar-refractivity contribution in [2.75, 3.05) is 0 Å². The molecule has 17 heavy (non-hydrogen) atoms. The number of thiazole rings is 1. The Morgan fingerprint density at radius 2 is 1.94 bits per heavy atom. The van der Waals surface area contributed by atoms with Crippen LogP contribution in [0.25, 0.3) is 0 Å². The normalized spacial score (nSPS) is 27.1. The lowest BCUT2D eigenvalue weighted by Gasteiger charge is -2.28. The first-order valence-corrected chi connectivity index (χ1v) is 7.26. The van der Waals surface area contributed by atoms with E-state index >= 15 is 0 Å². The zero-order valence-electron chi connectivity index (χ0n) is 10.9. The number of rotatable bonds is 3. The van der Waals surface area contributed by atoms with Crippen LogP contribution in [0.2, 0.25) is 0 Å². The van der Waals surface area contributed by atoms with Crippen molar-refractivity contribution in [3.63, 3.8) is 0 Å². The van der Waals surface area contributed by atoms with Gasteiger partial charge in [0, 0.05) is 17.0 Å². The second-order valence-electron chi connectivity index (χ2n) is 5.08. The summed E-state index contributed by atoms with van der Waals surface area (Å²) in [6.45, 7) is 6.36. The molecule has 96 valence electrons. The van der Waals surface area contributed by atoms with Crippen LogP contribution in [0.3, 0.4) is 0 Å². The van der Waals surface area contributed by atoms with Gasteiger partial charge in [-0.1, -0.05) is 0 Å². The maximum atomic E-state index is 9.49. The Hall–Kier alpha value is -0.450. The highest BCUT2D eigenvalue weighted by atomic mass is 32.1. The fourth-order valence-corrected chi connectivity index (χ4v) is 3.56. The molecule has 1 fully saturated rings. The summed E-state index contributed by atoms with van der Waals surface area (Å²) in [5, 5.41) is 14.3. The van der Waals surface area contributed by atoms with Crippen molar-refractivity contribution in [1.29, 1.82) is 0 Å². The van der Waals surface area contributed by atoms with Gasteiger partial charge in [0.05, 0.1) is 16.8 Å². The SMILES string of the molecule is Cc1nc(C)c(C(C)NC2CCC(O)CC2)s1. The Morgan fingerprint density at radius 3 is 2.47 bits per heavy atom. The van der Waals surface area contributed by atoms with Gasteiger partial charge in [0.25, 0.3) is 0 Å². The molecular weight excluding hydrogens is 232 g/mol. The molecule has 1 atom stereocenters. The lowest BCUT2D eigenvalue weighted by molar-refractivity contribution is 0.114. The summed E-state index contributed by atoms with van der Waals surface area (Å²) in [4.78, 5) is 5.83. The zero-order valence-corrected chi connectivity index (χ0v) is 11.7. The lowest BCUT2D eigenvalue weighted by atomic mass is 9.92. The number of hydrogen-bond donors (Lipinski definition) is 2. The van der Waals surface area contributed by atoms with Gasteiger partial charge in [-0.2, -0.15) is 0 Å². The molecule has 0 aromatic carbocycles. The first-order chi connectivity index (χ1) is 8.06. The molecule has 2 rings (SSSR count). The van der Waals surface area contributed by atoms with Crippen LogP contribution in [0.1, 0.15) is 54.2 Å². The van der Waals surface area contributed by atoms with Crippen molar-refractivity contribution in [2.45, 2.75) is 64.6 Å². The smallest absolute Gasteiger partial charge is 0.0900 e. The molecule has 3 nitrogen and oxygen atoms in total. The third-order valence-corrected chi connectivity index (χ3v) is 4.77. The van der Waals surface area contributed by atoms with Gasteiger partial charge >= 0.3 is 0 Å². The standard InChI is InChI=1S/C13H22N2OS/c1-8-13(17-10(3)14-8)9(2)15-11-4-6-12(16)7-5-11/h9,11-12,15-16H,4-7H2,1-3H3. The Kier molecular flexibility index (Phi) is 4.17. The second kappa shape index (κ2) is 5.46. The van der Waals surface area contributed by atoms with Crippen molar-refractivity contribution in [2.24, 2.45) is 0 Å². The number of nitrogens with zero attached hydrogens (tertiary/aromatic N) is 1. The summed E-state index contributed by atoms with van der Waals surface area (Å²) >= 11 is 1.79. The van der Waals surface area contributed by atoms with E-state index in [1.165, 1.54) is 4.88 Å². The van der Waals surface area contributed by atoms with Crippen molar-refractivity contribution in [3.05, 3.63) is 15.6 Å². The fourth-order valence-electron chi connectivity index (χ4n) is 2.62. The van der Waals surface area contributed by atoms with Gasteiger partial charge in [-0.3, -0.25) is 0 Å². The first kappa shape index (κ1) is 13.0. The van der Waals surface area contributed by atoms with Gasteiger partial charge in [-0.05, 0) is 46.5 Å². The average molecular weight is 254 g/mol. The van der Waals surface area contributed by atoms with Crippen LogP contribution < -0.4 is 5.32 Å². The largest absolute Gasteiger partial charge is 0.393 e. The number of hydrogen-bond acceptors (Lipinski definition) is 4. The van der Waals surface area contributed by atoms with E-state index in [-0.39, 0.29) is 6.10 Å². The molecule has 2 N–H and O–H groups in total. The lowest BCUT2D eigenvalue weighted by Crippen LogP contribution is -2.36. The van der Waals surface area contributed by atoms with E-state index < -0.39 is 0 Å². The molecule has 1 saturated carbocycles. The number of aromatic nitrogens is 1. The molecular formula is C13H22N2OS. The van der Waals surface area contributed by atoms with Gasteiger partial charge in [-0.25, -0.2) is 4.98 Å². The van der Waals surface area contributed by atoms with E-state index in [0.29, 0.717) is 12.1 Å². The predicted molar refractivity (Wildman–Crippen MR) is 71.4 cm³/mol. The Morgan fingerprint density at radius 1 is 1.29 bits per heavy atom. The maximum absolute atomic E-state index is 9.49. The van der Waals surface area contributed by atoms with Crippen LogP contribution in [-0.4, -0.2) is 22.2 Å². The van der Waals surface area contributed by atoms with E-state index in [9.17, 15) is 5.11 Å². The monoisotopic (exact) mass is 254 g/mol. The number of aryl methyl sites for hydroxylation is 2. The molecule has 0 radical (unpaired) electrons. The van der Waals surface area contributed by atoms with Crippen LogP contribution in [0.4, 0.5) is 0 Å². The third kappa shape index (κ3) is 3.27. The van der Waals surface area contributed by atoms with Crippen LogP contribution in [0.5, 0.6) is 0 Å². The molecule has 4 heteroatoms. The number of aliphatic hydroxyl groups is 1. The molecule has 0 aliphatic heterocycles. The molecule has 0 amide bonds. The molecule has 1 aliphatic rings. The highest BCUT2D eigenvalue weighted by Gasteiger charge is 2.22. The summed E-state index contributed by atoms with van der Waals surface area (Å²) in [6, 6.07) is 0.927. The molecule has 1 unspecified atom stereocenters. The molecule has 0 spiro atoms. The second-order valence-corrected chi connectivity index (χ2v) is 6.31. The minimum absolute atomic E-state index is 0.0734. The van der Waals surface area contributed by atoms with Crippen molar-refractivity contribution in [3.8, 4) is 0 Å². The van der Waals surface area contributed by atoms with Gasteiger partial charge in [0.2, 0.25) is 0 Å². The molecule has 1 heterocycles. The quantitative estimate of drug-likeness (QED) is 0.872. The topological polar surface area (TPSA) is 45.2 Å². The fraction of sp³-hybridized carbons (Fsp3) is 0.769. The van der Waals surface area contributed by atoms with E-state index in [4.69, 9.17) is 0 Å². The van der Waals surface area contributed by atoms with E-state index in [0.717, 1.165) is 36.4 Å². The van der Waals surface area contributed by atoms with Gasteiger partial charge in [-0.15, -0.1) is 11.3 Å². The molecule has 0 bridgehead atoms. The van der Waals surface area contributed by atoms with Crippen LogP contribution in [0.15, 0.2) is 0 Å².